The SMILES string of the molecule is C/C=C\C1(NC(=O)OCc2ccccc2)C(C)OO[N+]12C(=O)CCC2=O. The van der Waals surface area contributed by atoms with Crippen LogP contribution in [-0.2, 0) is 30.8 Å². The van der Waals surface area contributed by atoms with Crippen molar-refractivity contribution in [1.29, 1.82) is 0 Å². The number of imide groups is 1. The summed E-state index contributed by atoms with van der Waals surface area (Å²) in [6, 6.07) is 9.17. The van der Waals surface area contributed by atoms with Crippen LogP contribution in [0.3, 0.4) is 0 Å². The number of carbonyl (C=O) groups is 3. The van der Waals surface area contributed by atoms with Crippen molar-refractivity contribution in [3.05, 3.63) is 48.0 Å². The van der Waals surface area contributed by atoms with E-state index < -0.39 is 34.3 Å². The molecule has 2 aliphatic rings. The van der Waals surface area contributed by atoms with Gasteiger partial charge in [-0.3, -0.25) is 5.32 Å². The van der Waals surface area contributed by atoms with Crippen molar-refractivity contribution < 1.29 is 33.6 Å². The summed E-state index contributed by atoms with van der Waals surface area (Å²) < 4.78 is 4.21. The predicted octanol–water partition coefficient (Wildman–Crippen LogP) is 2.11. The van der Waals surface area contributed by atoms with E-state index in [-0.39, 0.29) is 19.4 Å². The van der Waals surface area contributed by atoms with Crippen LogP contribution in [0.25, 0.3) is 0 Å². The molecule has 0 radical (unpaired) electrons. The first-order valence-electron chi connectivity index (χ1n) is 8.40. The summed E-state index contributed by atoms with van der Waals surface area (Å²) in [6.45, 7) is 3.38. The topological polar surface area (TPSA) is 90.9 Å². The molecule has 26 heavy (non-hydrogen) atoms. The number of allylic oxidation sites excluding steroid dienone is 1. The van der Waals surface area contributed by atoms with Crippen molar-refractivity contribution in [2.24, 2.45) is 0 Å². The molecule has 2 fully saturated rings. The zero-order valence-electron chi connectivity index (χ0n) is 14.6. The first-order chi connectivity index (χ1) is 12.5. The number of nitrogens with one attached hydrogen (secondary N) is 1. The summed E-state index contributed by atoms with van der Waals surface area (Å²) in [4.78, 5) is 47.9. The van der Waals surface area contributed by atoms with Gasteiger partial charge in [0.05, 0.1) is 12.8 Å². The lowest BCUT2D eigenvalue weighted by molar-refractivity contribution is -1.03. The Morgan fingerprint density at radius 3 is 2.58 bits per heavy atom. The van der Waals surface area contributed by atoms with Crippen LogP contribution in [0.5, 0.6) is 0 Å². The lowest BCUT2D eigenvalue weighted by atomic mass is 10.0. The van der Waals surface area contributed by atoms with Gasteiger partial charge in [0.1, 0.15) is 6.61 Å². The molecule has 3 amide bonds. The quantitative estimate of drug-likeness (QED) is 0.382. The average Bonchev–Trinajstić information content (AvgIpc) is 3.08. The molecule has 138 valence electrons. The Morgan fingerprint density at radius 1 is 1.31 bits per heavy atom. The Hall–Kier alpha value is -2.55. The fraction of sp³-hybridized carbons (Fsp3) is 0.389. The molecule has 1 aromatic rings. The molecule has 1 N–H and O–H groups in total. The third-order valence-electron chi connectivity index (χ3n) is 4.63. The van der Waals surface area contributed by atoms with Crippen molar-refractivity contribution in [2.45, 2.75) is 45.1 Å². The second-order valence-electron chi connectivity index (χ2n) is 6.22. The maximum Gasteiger partial charge on any atom is 0.412 e. The van der Waals surface area contributed by atoms with Gasteiger partial charge in [-0.05, 0) is 24.4 Å². The van der Waals surface area contributed by atoms with Crippen molar-refractivity contribution in [1.82, 2.24) is 5.32 Å². The molecule has 2 atom stereocenters. The fourth-order valence-electron chi connectivity index (χ4n) is 3.32. The number of alkyl carbamates (subject to hydrolysis) is 1. The highest BCUT2D eigenvalue weighted by atomic mass is 17.3. The van der Waals surface area contributed by atoms with Gasteiger partial charge >= 0.3 is 17.9 Å². The Bertz CT molecular complexity index is 731. The van der Waals surface area contributed by atoms with Crippen LogP contribution in [0.1, 0.15) is 32.3 Å². The van der Waals surface area contributed by atoms with Crippen LogP contribution < -0.4 is 5.32 Å². The van der Waals surface area contributed by atoms with E-state index in [4.69, 9.17) is 14.6 Å². The van der Waals surface area contributed by atoms with Gasteiger partial charge in [-0.25, -0.2) is 14.4 Å². The summed E-state index contributed by atoms with van der Waals surface area (Å²) in [7, 11) is 0. The van der Waals surface area contributed by atoms with Crippen LogP contribution in [0.2, 0.25) is 0 Å². The minimum Gasteiger partial charge on any atom is -0.445 e. The highest BCUT2D eigenvalue weighted by Gasteiger charge is 2.75. The summed E-state index contributed by atoms with van der Waals surface area (Å²) in [5, 5.41) is 2.64. The number of hydroxylamine groups is 3. The van der Waals surface area contributed by atoms with Gasteiger partial charge in [0, 0.05) is 10.7 Å². The molecule has 2 unspecified atom stereocenters. The Kier molecular flexibility index (Phi) is 4.90. The zero-order valence-corrected chi connectivity index (χ0v) is 14.6. The van der Waals surface area contributed by atoms with Gasteiger partial charge in [0.25, 0.3) is 5.66 Å². The van der Waals surface area contributed by atoms with Crippen molar-refractivity contribution in [2.75, 3.05) is 0 Å². The molecular formula is C18H21N2O6+. The van der Waals surface area contributed by atoms with E-state index in [0.717, 1.165) is 5.56 Å². The minimum atomic E-state index is -1.52. The second-order valence-corrected chi connectivity index (χ2v) is 6.22. The lowest BCUT2D eigenvalue weighted by Crippen LogP contribution is -2.72. The molecule has 2 aliphatic heterocycles. The summed E-state index contributed by atoms with van der Waals surface area (Å²) in [6.07, 6.45) is 1.65. The average molecular weight is 361 g/mol. The van der Waals surface area contributed by atoms with Crippen molar-refractivity contribution in [3.63, 3.8) is 0 Å². The Morgan fingerprint density at radius 2 is 1.96 bits per heavy atom. The highest BCUT2D eigenvalue weighted by Crippen LogP contribution is 2.43. The molecule has 0 bridgehead atoms. The fourth-order valence-corrected chi connectivity index (χ4v) is 3.32. The Labute approximate surface area is 150 Å². The van der Waals surface area contributed by atoms with Gasteiger partial charge in [-0.2, -0.15) is 4.89 Å². The number of rotatable bonds is 4. The van der Waals surface area contributed by atoms with Crippen LogP contribution in [0.15, 0.2) is 42.5 Å². The predicted molar refractivity (Wildman–Crippen MR) is 88.4 cm³/mol. The molecule has 1 spiro atoms. The van der Waals surface area contributed by atoms with E-state index in [1.54, 1.807) is 19.9 Å². The van der Waals surface area contributed by atoms with Crippen LogP contribution in [0.4, 0.5) is 4.79 Å². The van der Waals surface area contributed by atoms with Crippen LogP contribution >= 0.6 is 0 Å². The monoisotopic (exact) mass is 361 g/mol. The molecule has 2 heterocycles. The largest absolute Gasteiger partial charge is 0.445 e. The molecule has 1 aromatic carbocycles. The highest BCUT2D eigenvalue weighted by molar-refractivity contribution is 5.92. The minimum absolute atomic E-state index is 0.0228. The maximum atomic E-state index is 12.5. The molecule has 2 saturated heterocycles. The molecule has 8 nitrogen and oxygen atoms in total. The van der Waals surface area contributed by atoms with E-state index >= 15 is 0 Å². The third-order valence-corrected chi connectivity index (χ3v) is 4.63. The number of amides is 3. The normalized spacial score (nSPS) is 27.4. The van der Waals surface area contributed by atoms with E-state index in [0.29, 0.717) is 0 Å². The molecular weight excluding hydrogens is 340 g/mol. The number of nitrogens with zero attached hydrogens (tertiary/aromatic N) is 1. The van der Waals surface area contributed by atoms with Gasteiger partial charge in [0.2, 0.25) is 0 Å². The lowest BCUT2D eigenvalue weighted by Gasteiger charge is -2.34. The number of carbonyl (C=O) groups excluding carboxylic acids is 3. The first kappa shape index (κ1) is 18.2. The number of hydrogen-bond acceptors (Lipinski definition) is 6. The molecule has 3 rings (SSSR count). The van der Waals surface area contributed by atoms with Gasteiger partial charge in [-0.1, -0.05) is 36.4 Å². The van der Waals surface area contributed by atoms with Crippen molar-refractivity contribution in [3.8, 4) is 0 Å². The van der Waals surface area contributed by atoms with Crippen LogP contribution in [-0.4, -0.2) is 34.3 Å². The first-order valence-corrected chi connectivity index (χ1v) is 8.40. The number of ether oxygens (including phenoxy) is 1. The van der Waals surface area contributed by atoms with E-state index in [9.17, 15) is 14.4 Å². The van der Waals surface area contributed by atoms with E-state index in [2.05, 4.69) is 5.32 Å². The number of quaternary nitrogens is 1. The van der Waals surface area contributed by atoms with Gasteiger partial charge in [-0.15, -0.1) is 0 Å². The molecule has 8 heteroatoms. The number of hydrogen-bond donors (Lipinski definition) is 1. The van der Waals surface area contributed by atoms with Gasteiger partial charge < -0.3 is 4.74 Å². The Balaban J connectivity index is 1.86. The summed E-state index contributed by atoms with van der Waals surface area (Å²) >= 11 is 0. The third kappa shape index (κ3) is 2.72. The summed E-state index contributed by atoms with van der Waals surface area (Å²) in [5.74, 6) is -0.943. The molecule has 0 aliphatic carbocycles. The standard InChI is InChI=1S/C18H20N2O6/c1-3-11-18(19-17(23)24-12-14-7-5-4-6-8-14)13(2)25-26-20(18)15(21)9-10-16(20)22/h3-8,11,13H,9-10,12H2,1-2H3/p+1/b11-3-. The molecule has 0 aromatic heterocycles. The maximum absolute atomic E-state index is 12.5. The smallest absolute Gasteiger partial charge is 0.412 e. The summed E-state index contributed by atoms with van der Waals surface area (Å²) in [5.41, 5.74) is -0.709. The van der Waals surface area contributed by atoms with Crippen molar-refractivity contribution >= 4 is 17.9 Å². The van der Waals surface area contributed by atoms with Gasteiger partial charge in [0.15, 0.2) is 6.10 Å². The molecule has 0 saturated carbocycles. The second kappa shape index (κ2) is 6.99. The van der Waals surface area contributed by atoms with E-state index in [1.807, 2.05) is 30.3 Å². The number of benzene rings is 1. The zero-order chi connectivity index (χ0) is 18.8. The van der Waals surface area contributed by atoms with Crippen LogP contribution in [0, 0.1) is 0 Å². The van der Waals surface area contributed by atoms with E-state index in [1.165, 1.54) is 6.08 Å².